The Morgan fingerprint density at radius 3 is 2.00 bits per heavy atom. The van der Waals surface area contributed by atoms with Crippen LogP contribution in [0, 0.1) is 0 Å². The number of pyridine rings is 1. The number of carbonyl (C=O) groups is 2. The number of aromatic nitrogens is 3. The molecular weight excluding hydrogens is 306 g/mol. The lowest BCUT2D eigenvalue weighted by Gasteiger charge is -1.98. The van der Waals surface area contributed by atoms with Gasteiger partial charge in [0.1, 0.15) is 0 Å². The van der Waals surface area contributed by atoms with Crippen molar-refractivity contribution >= 4 is 23.7 Å². The molecule has 0 amide bonds. The average molecular weight is 321 g/mol. The van der Waals surface area contributed by atoms with Crippen LogP contribution in [0.4, 0.5) is 0 Å². The van der Waals surface area contributed by atoms with Crippen LogP contribution in [0.3, 0.4) is 0 Å². The van der Waals surface area contributed by atoms with E-state index in [9.17, 15) is 9.59 Å². The molecule has 0 aromatic carbocycles. The summed E-state index contributed by atoms with van der Waals surface area (Å²) in [5.74, 6) is -1.34. The fraction of sp³-hybridized carbons (Fsp3) is 0.214. The second kappa shape index (κ2) is 10.3. The highest BCUT2D eigenvalue weighted by Crippen LogP contribution is 2.16. The Hall–Kier alpha value is -2.48. The second-order valence-corrected chi connectivity index (χ2v) is 4.87. The van der Waals surface area contributed by atoms with E-state index in [1.807, 2.05) is 24.3 Å². The molecule has 0 fully saturated rings. The molecule has 22 heavy (non-hydrogen) atoms. The first-order valence-electron chi connectivity index (χ1n) is 6.31. The largest absolute Gasteiger partial charge is 0.481 e. The number of aliphatic carboxylic acids is 2. The van der Waals surface area contributed by atoms with Gasteiger partial charge in [-0.25, -0.2) is 9.97 Å². The average Bonchev–Trinajstić information content (AvgIpc) is 2.54. The summed E-state index contributed by atoms with van der Waals surface area (Å²) in [7, 11) is 0. The van der Waals surface area contributed by atoms with Gasteiger partial charge in [-0.05, 0) is 18.2 Å². The minimum Gasteiger partial charge on any atom is -0.481 e. The quantitative estimate of drug-likeness (QED) is 0.614. The van der Waals surface area contributed by atoms with Crippen molar-refractivity contribution in [2.75, 3.05) is 0 Å². The normalized spacial score (nSPS) is 9.45. The Kier molecular flexibility index (Phi) is 8.21. The summed E-state index contributed by atoms with van der Waals surface area (Å²) in [6, 6.07) is 7.70. The minimum atomic E-state index is -1.08. The molecule has 0 unspecified atom stereocenters. The molecule has 0 aliphatic carbocycles. The van der Waals surface area contributed by atoms with Crippen molar-refractivity contribution in [3.8, 4) is 0 Å². The summed E-state index contributed by atoms with van der Waals surface area (Å²) in [4.78, 5) is 31.7. The number of carboxylic acids is 2. The highest BCUT2D eigenvalue weighted by atomic mass is 32.2. The van der Waals surface area contributed by atoms with Gasteiger partial charge in [-0.15, -0.1) is 0 Å². The van der Waals surface area contributed by atoms with Crippen molar-refractivity contribution in [3.05, 3.63) is 48.5 Å². The van der Waals surface area contributed by atoms with E-state index in [4.69, 9.17) is 10.2 Å². The van der Waals surface area contributed by atoms with E-state index in [2.05, 4.69) is 15.0 Å². The maximum Gasteiger partial charge on any atom is 0.303 e. The van der Waals surface area contributed by atoms with Gasteiger partial charge in [-0.1, -0.05) is 17.8 Å². The predicted molar refractivity (Wildman–Crippen MR) is 80.3 cm³/mol. The Bertz CT molecular complexity index is 528. The molecule has 0 aliphatic heterocycles. The van der Waals surface area contributed by atoms with Crippen LogP contribution >= 0.6 is 11.8 Å². The summed E-state index contributed by atoms with van der Waals surface area (Å²) in [6.07, 6.45) is 4.69. The molecule has 2 aromatic heterocycles. The molecule has 0 spiro atoms. The van der Waals surface area contributed by atoms with Gasteiger partial charge in [0.25, 0.3) is 0 Å². The number of nitrogens with zero attached hydrogens (tertiary/aromatic N) is 3. The van der Waals surface area contributed by atoms with Crippen LogP contribution in [-0.4, -0.2) is 37.1 Å². The maximum absolute atomic E-state index is 9.64. The zero-order chi connectivity index (χ0) is 16.2. The fourth-order valence-electron chi connectivity index (χ4n) is 1.20. The summed E-state index contributed by atoms with van der Waals surface area (Å²) in [6.45, 7) is 0. The molecule has 2 heterocycles. The van der Waals surface area contributed by atoms with Gasteiger partial charge in [0.05, 0.1) is 18.5 Å². The van der Waals surface area contributed by atoms with Crippen molar-refractivity contribution in [1.82, 2.24) is 15.0 Å². The topological polar surface area (TPSA) is 113 Å². The Morgan fingerprint density at radius 2 is 1.50 bits per heavy atom. The molecule has 2 aromatic rings. The van der Waals surface area contributed by atoms with Gasteiger partial charge in [0, 0.05) is 24.3 Å². The van der Waals surface area contributed by atoms with E-state index in [1.165, 1.54) is 0 Å². The van der Waals surface area contributed by atoms with E-state index in [-0.39, 0.29) is 12.8 Å². The monoisotopic (exact) mass is 321 g/mol. The molecule has 2 rings (SSSR count). The minimum absolute atomic E-state index is 0.296. The molecule has 0 aliphatic rings. The van der Waals surface area contributed by atoms with E-state index < -0.39 is 11.9 Å². The first-order valence-corrected chi connectivity index (χ1v) is 7.30. The fourth-order valence-corrected chi connectivity index (χ4v) is 1.91. The van der Waals surface area contributed by atoms with Gasteiger partial charge < -0.3 is 10.2 Å². The molecule has 0 saturated carbocycles. The van der Waals surface area contributed by atoms with E-state index in [1.54, 1.807) is 30.4 Å². The summed E-state index contributed by atoms with van der Waals surface area (Å²) in [5, 5.41) is 16.6. The van der Waals surface area contributed by atoms with Crippen LogP contribution in [0.1, 0.15) is 18.5 Å². The first kappa shape index (κ1) is 17.6. The maximum atomic E-state index is 9.64. The van der Waals surface area contributed by atoms with E-state index in [0.29, 0.717) is 0 Å². The number of rotatable bonds is 6. The number of hydrogen-bond donors (Lipinski definition) is 2. The van der Waals surface area contributed by atoms with Crippen molar-refractivity contribution in [3.63, 3.8) is 0 Å². The zero-order valence-electron chi connectivity index (χ0n) is 11.6. The van der Waals surface area contributed by atoms with Crippen molar-refractivity contribution in [2.45, 2.75) is 23.8 Å². The molecule has 0 saturated heterocycles. The van der Waals surface area contributed by atoms with Gasteiger partial charge in [0.2, 0.25) is 0 Å². The molecule has 0 atom stereocenters. The lowest BCUT2D eigenvalue weighted by Crippen LogP contribution is -2.00. The van der Waals surface area contributed by atoms with Gasteiger partial charge in [-0.2, -0.15) is 0 Å². The van der Waals surface area contributed by atoms with Crippen molar-refractivity contribution < 1.29 is 19.8 Å². The Balaban J connectivity index is 0.000000261. The van der Waals surface area contributed by atoms with Crippen molar-refractivity contribution in [1.29, 1.82) is 0 Å². The van der Waals surface area contributed by atoms with Crippen LogP contribution in [0.25, 0.3) is 0 Å². The number of hydrogen-bond acceptors (Lipinski definition) is 6. The van der Waals surface area contributed by atoms with Crippen LogP contribution in [0.15, 0.2) is 48.0 Å². The molecule has 116 valence electrons. The predicted octanol–water partition coefficient (Wildman–Crippen LogP) is 2.10. The third kappa shape index (κ3) is 8.64. The first-order chi connectivity index (χ1) is 10.6. The third-order valence-corrected chi connectivity index (χ3v) is 3.08. The molecule has 2 N–H and O–H groups in total. The molecule has 0 bridgehead atoms. The van der Waals surface area contributed by atoms with Crippen LogP contribution in [-0.2, 0) is 15.3 Å². The zero-order valence-corrected chi connectivity index (χ0v) is 12.4. The highest BCUT2D eigenvalue weighted by molar-refractivity contribution is 7.98. The summed E-state index contributed by atoms with van der Waals surface area (Å²) in [5.41, 5.74) is 1.05. The van der Waals surface area contributed by atoms with Gasteiger partial charge in [0.15, 0.2) is 5.16 Å². The lowest BCUT2D eigenvalue weighted by atomic mass is 10.3. The SMILES string of the molecule is O=C(O)CCC(=O)O.c1ccc(CSc2ncccn2)nc1. The lowest BCUT2D eigenvalue weighted by molar-refractivity contribution is -0.143. The van der Waals surface area contributed by atoms with Crippen LogP contribution in [0.5, 0.6) is 0 Å². The molecule has 7 nitrogen and oxygen atoms in total. The summed E-state index contributed by atoms with van der Waals surface area (Å²) < 4.78 is 0. The van der Waals surface area contributed by atoms with Crippen LogP contribution < -0.4 is 0 Å². The second-order valence-electron chi connectivity index (χ2n) is 3.93. The molecule has 0 radical (unpaired) electrons. The number of thioether (sulfide) groups is 1. The Labute approximate surface area is 131 Å². The standard InChI is InChI=1S/C10H9N3S.C4H6O4/c1-2-5-11-9(4-1)8-14-10-12-6-3-7-13-10;5-3(6)1-2-4(7)8/h1-7H,8H2;1-2H2,(H,5,6)(H,7,8). The highest BCUT2D eigenvalue weighted by Gasteiger charge is 2.00. The van der Waals surface area contributed by atoms with E-state index >= 15 is 0 Å². The molecule has 8 heteroatoms. The smallest absolute Gasteiger partial charge is 0.303 e. The van der Waals surface area contributed by atoms with Gasteiger partial charge in [-0.3, -0.25) is 14.6 Å². The molecular formula is C14H15N3O4S. The van der Waals surface area contributed by atoms with Crippen LogP contribution in [0.2, 0.25) is 0 Å². The van der Waals surface area contributed by atoms with Crippen molar-refractivity contribution in [2.24, 2.45) is 0 Å². The van der Waals surface area contributed by atoms with Gasteiger partial charge >= 0.3 is 11.9 Å². The Morgan fingerprint density at radius 1 is 0.909 bits per heavy atom. The van der Waals surface area contributed by atoms with E-state index in [0.717, 1.165) is 16.6 Å². The third-order valence-electron chi connectivity index (χ3n) is 2.17. The summed E-state index contributed by atoms with van der Waals surface area (Å²) >= 11 is 1.59. The number of carboxylic acid groups (broad SMARTS) is 2.